The van der Waals surface area contributed by atoms with E-state index in [1.807, 2.05) is 17.5 Å². The maximum absolute atomic E-state index is 14.3. The molecule has 2 aromatic carbocycles. The zero-order chi connectivity index (χ0) is 38.5. The molecule has 5 aliphatic rings. The predicted molar refractivity (Wildman–Crippen MR) is 209 cm³/mol. The van der Waals surface area contributed by atoms with Crippen molar-refractivity contribution >= 4 is 40.9 Å². The van der Waals surface area contributed by atoms with Gasteiger partial charge in [-0.05, 0) is 136 Å². The van der Waals surface area contributed by atoms with Crippen LogP contribution in [0.15, 0.2) is 60.0 Å². The summed E-state index contributed by atoms with van der Waals surface area (Å²) in [6.45, 7) is 6.10. The van der Waals surface area contributed by atoms with E-state index in [9.17, 15) is 19.2 Å². The lowest BCUT2D eigenvalue weighted by molar-refractivity contribution is -0.0168. The molecule has 2 aromatic heterocycles. The maximum atomic E-state index is 14.3. The van der Waals surface area contributed by atoms with Crippen LogP contribution < -0.4 is 20.7 Å². The van der Waals surface area contributed by atoms with Crippen molar-refractivity contribution in [2.75, 3.05) is 19.0 Å². The third-order valence-electron chi connectivity index (χ3n) is 11.2. The molecule has 0 radical (unpaired) electrons. The number of hydrogen-bond donors (Lipinski definition) is 3. The Balaban J connectivity index is 1.11. The molecule has 9 rings (SSSR count). The first-order valence-electron chi connectivity index (χ1n) is 19.0. The van der Waals surface area contributed by atoms with E-state index in [2.05, 4.69) is 27.0 Å². The second-order valence-corrected chi connectivity index (χ2v) is 17.4. The molecule has 3 N–H and O–H groups in total. The molecular formula is C43H46N4O7S. The Labute approximate surface area is 324 Å². The van der Waals surface area contributed by atoms with Gasteiger partial charge in [-0.15, -0.1) is 11.3 Å². The number of alkyl carbamates (subject to hydrolysis) is 1. The van der Waals surface area contributed by atoms with E-state index in [0.29, 0.717) is 53.3 Å². The molecule has 0 unspecified atom stereocenters. The third-order valence-corrected chi connectivity index (χ3v) is 12.2. The molecule has 4 saturated carbocycles. The first-order valence-corrected chi connectivity index (χ1v) is 19.9. The van der Waals surface area contributed by atoms with Gasteiger partial charge in [-0.2, -0.15) is 0 Å². The van der Waals surface area contributed by atoms with Crippen LogP contribution in [0.1, 0.15) is 102 Å². The highest BCUT2D eigenvalue weighted by atomic mass is 32.1. The minimum Gasteiger partial charge on any atom is -0.493 e. The lowest BCUT2D eigenvalue weighted by Gasteiger charge is -2.56. The van der Waals surface area contributed by atoms with Gasteiger partial charge in [0.05, 0.1) is 13.7 Å². The molecule has 0 spiro atoms. The lowest BCUT2D eigenvalue weighted by atomic mass is 9.53. The molecule has 4 aromatic rings. The molecule has 11 nitrogen and oxygen atoms in total. The van der Waals surface area contributed by atoms with Crippen LogP contribution in [0.25, 0.3) is 21.6 Å². The van der Waals surface area contributed by atoms with Gasteiger partial charge in [0.25, 0.3) is 11.8 Å². The summed E-state index contributed by atoms with van der Waals surface area (Å²) in [5.41, 5.74) is 3.52. The highest BCUT2D eigenvalue weighted by Gasteiger charge is 2.51. The predicted octanol–water partition coefficient (Wildman–Crippen LogP) is 8.17. The molecule has 0 saturated heterocycles. The Bertz CT molecular complexity index is 2130. The number of carbonyl (C=O) groups excluding carboxylic acids is 4. The molecule has 4 aliphatic carbocycles. The van der Waals surface area contributed by atoms with Gasteiger partial charge in [0.2, 0.25) is 0 Å². The summed E-state index contributed by atoms with van der Waals surface area (Å²) in [6.07, 6.45) is 6.90. The van der Waals surface area contributed by atoms with Crippen molar-refractivity contribution in [3.05, 3.63) is 88.1 Å². The number of thiophene rings is 1. The fraction of sp³-hybridized carbons (Fsp3) is 0.419. The minimum atomic E-state index is -0.724. The Morgan fingerprint density at radius 2 is 1.60 bits per heavy atom. The number of methoxy groups -OCH3 is 1. The summed E-state index contributed by atoms with van der Waals surface area (Å²) in [5.74, 6) is 1.08. The Morgan fingerprint density at radius 1 is 0.891 bits per heavy atom. The number of nitrogens with one attached hydrogen (secondary N) is 3. The number of ether oxygens (including phenoxy) is 3. The van der Waals surface area contributed by atoms with Crippen LogP contribution in [0.5, 0.6) is 5.75 Å². The average Bonchev–Trinajstić information content (AvgIpc) is 3.53. The van der Waals surface area contributed by atoms with Crippen molar-refractivity contribution in [2.45, 2.75) is 83.4 Å². The van der Waals surface area contributed by atoms with Gasteiger partial charge < -0.3 is 30.2 Å². The van der Waals surface area contributed by atoms with Crippen molar-refractivity contribution in [1.82, 2.24) is 15.6 Å². The fourth-order valence-electron chi connectivity index (χ4n) is 9.34. The molecular weight excluding hydrogens is 717 g/mol. The van der Waals surface area contributed by atoms with Crippen LogP contribution in [0, 0.1) is 17.8 Å². The van der Waals surface area contributed by atoms with Crippen molar-refractivity contribution < 1.29 is 33.4 Å². The number of fused-ring (bicyclic) bond motifs is 3. The largest absolute Gasteiger partial charge is 0.493 e. The van der Waals surface area contributed by atoms with E-state index in [0.717, 1.165) is 40.8 Å². The SMILES string of the molecule is COC(=O)c1nc(C(=O)NC23CC4CC(CC(C4)C2)C3)ccc1-c1cc2c(cc1C(=O)Nc1ccc(CNC(=O)OC(C)(C)C)cc1)-c1sccc1CCO2. The van der Waals surface area contributed by atoms with Gasteiger partial charge in [0.15, 0.2) is 5.69 Å². The van der Waals surface area contributed by atoms with Crippen LogP contribution in [0.4, 0.5) is 10.5 Å². The molecule has 12 heteroatoms. The Kier molecular flexibility index (Phi) is 9.65. The minimum absolute atomic E-state index is 0.0677. The average molecular weight is 763 g/mol. The number of nitrogens with zero attached hydrogens (tertiary/aromatic N) is 1. The number of benzene rings is 2. The summed E-state index contributed by atoms with van der Waals surface area (Å²) in [7, 11) is 1.27. The number of rotatable bonds is 8. The molecule has 0 atom stereocenters. The number of carbonyl (C=O) groups is 4. The molecule has 4 fully saturated rings. The summed E-state index contributed by atoms with van der Waals surface area (Å²) in [5, 5.41) is 11.1. The summed E-state index contributed by atoms with van der Waals surface area (Å²) >= 11 is 1.58. The van der Waals surface area contributed by atoms with Crippen molar-refractivity contribution in [3.63, 3.8) is 0 Å². The lowest BCUT2D eigenvalue weighted by Crippen LogP contribution is -2.59. The second-order valence-electron chi connectivity index (χ2n) is 16.5. The monoisotopic (exact) mass is 762 g/mol. The first-order chi connectivity index (χ1) is 26.3. The van der Waals surface area contributed by atoms with Crippen LogP contribution >= 0.6 is 11.3 Å². The van der Waals surface area contributed by atoms with E-state index in [1.54, 1.807) is 68.5 Å². The van der Waals surface area contributed by atoms with Crippen LogP contribution in [-0.2, 0) is 22.4 Å². The van der Waals surface area contributed by atoms with Gasteiger partial charge in [-0.25, -0.2) is 14.6 Å². The van der Waals surface area contributed by atoms with Gasteiger partial charge in [0.1, 0.15) is 17.0 Å². The number of hydrogen-bond acceptors (Lipinski definition) is 9. The van der Waals surface area contributed by atoms with Crippen LogP contribution in [0.3, 0.4) is 0 Å². The highest BCUT2D eigenvalue weighted by molar-refractivity contribution is 7.13. The number of aromatic nitrogens is 1. The topological polar surface area (TPSA) is 145 Å². The van der Waals surface area contributed by atoms with Crippen LogP contribution in [0.2, 0.25) is 0 Å². The number of anilines is 1. The normalized spacial score (nSPS) is 22.0. The summed E-state index contributed by atoms with van der Waals surface area (Å²) in [4.78, 5) is 59.4. The molecule has 4 bridgehead atoms. The van der Waals surface area contributed by atoms with Crippen molar-refractivity contribution in [3.8, 4) is 27.3 Å². The van der Waals surface area contributed by atoms with Gasteiger partial charge in [-0.1, -0.05) is 12.1 Å². The van der Waals surface area contributed by atoms with Gasteiger partial charge >= 0.3 is 12.1 Å². The Hall–Kier alpha value is -5.23. The van der Waals surface area contributed by atoms with Crippen molar-refractivity contribution in [2.24, 2.45) is 17.8 Å². The highest BCUT2D eigenvalue weighted by Crippen LogP contribution is 2.55. The summed E-state index contributed by atoms with van der Waals surface area (Å²) < 4.78 is 16.8. The van der Waals surface area contributed by atoms with E-state index in [4.69, 9.17) is 14.2 Å². The summed E-state index contributed by atoms with van der Waals surface area (Å²) in [6, 6.07) is 16.1. The molecule has 1 aliphatic heterocycles. The molecule has 3 amide bonds. The van der Waals surface area contributed by atoms with Gasteiger partial charge in [-0.3, -0.25) is 9.59 Å². The van der Waals surface area contributed by atoms with E-state index in [-0.39, 0.29) is 34.9 Å². The van der Waals surface area contributed by atoms with Crippen molar-refractivity contribution in [1.29, 1.82) is 0 Å². The zero-order valence-corrected chi connectivity index (χ0v) is 32.4. The molecule has 55 heavy (non-hydrogen) atoms. The fourth-order valence-corrected chi connectivity index (χ4v) is 10.3. The number of esters is 1. The number of amides is 3. The zero-order valence-electron chi connectivity index (χ0n) is 31.6. The first kappa shape index (κ1) is 36.7. The second kappa shape index (κ2) is 14.4. The van der Waals surface area contributed by atoms with E-state index in [1.165, 1.54) is 26.4 Å². The third kappa shape index (κ3) is 7.69. The maximum Gasteiger partial charge on any atom is 0.407 e. The smallest absolute Gasteiger partial charge is 0.407 e. The number of pyridine rings is 1. The molecule has 286 valence electrons. The van der Waals surface area contributed by atoms with Gasteiger partial charge in [0, 0.05) is 51.3 Å². The van der Waals surface area contributed by atoms with Crippen LogP contribution in [-0.4, -0.2) is 53.7 Å². The standard InChI is InChI=1S/C43H46N4O7S/c1-42(2,3)54-41(51)44-23-24-5-7-29(8-6-24)45-38(48)32-18-33-35(53-13-11-28-12-14-55-37(28)33)19-31(32)30-9-10-34(46-36(30)40(50)52-4)39(49)47-43-20-25-15-26(21-43)17-27(16-25)22-43/h5-10,12,14,18-19,25-27H,11,13,15-17,20-23H2,1-4H3,(H,44,51)(H,45,48)(H,47,49). The quantitative estimate of drug-likeness (QED) is 0.153. The van der Waals surface area contributed by atoms with E-state index < -0.39 is 23.6 Å². The van der Waals surface area contributed by atoms with E-state index >= 15 is 0 Å². The molecule has 3 heterocycles. The Morgan fingerprint density at radius 3 is 2.27 bits per heavy atom.